The highest BCUT2D eigenvalue weighted by Gasteiger charge is 2.27. The first kappa shape index (κ1) is 15.7. The average molecular weight is 339 g/mol. The van der Waals surface area contributed by atoms with Gasteiger partial charge in [-0.2, -0.15) is 0 Å². The molecule has 0 saturated carbocycles. The molecule has 1 N–H and O–H groups in total. The largest absolute Gasteiger partial charge is 0.504 e. The van der Waals surface area contributed by atoms with Gasteiger partial charge in [0.15, 0.2) is 23.0 Å². The number of fused-ring (bicyclic) bond motifs is 4. The van der Waals surface area contributed by atoms with Crippen LogP contribution in [-0.2, 0) is 13.0 Å². The minimum absolute atomic E-state index is 0.193. The normalized spacial score (nSPS) is 14.8. The van der Waals surface area contributed by atoms with Crippen LogP contribution >= 0.6 is 0 Å². The molecule has 0 saturated heterocycles. The third kappa shape index (κ3) is 2.47. The van der Waals surface area contributed by atoms with E-state index in [1.807, 2.05) is 24.3 Å². The number of phenols is 1. The fraction of sp³-hybridized carbons (Fsp3) is 0.300. The first-order valence-corrected chi connectivity index (χ1v) is 8.26. The van der Waals surface area contributed by atoms with Crippen molar-refractivity contribution >= 4 is 11.8 Å². The van der Waals surface area contributed by atoms with E-state index in [9.17, 15) is 5.11 Å². The number of ether oxygens (including phenoxy) is 3. The second-order valence-corrected chi connectivity index (χ2v) is 6.29. The van der Waals surface area contributed by atoms with Crippen molar-refractivity contribution in [2.75, 3.05) is 27.9 Å². The van der Waals surface area contributed by atoms with Crippen molar-refractivity contribution in [1.29, 1.82) is 0 Å². The smallest absolute Gasteiger partial charge is 0.161 e. The van der Waals surface area contributed by atoms with Crippen LogP contribution in [0.3, 0.4) is 0 Å². The molecule has 0 unspecified atom stereocenters. The van der Waals surface area contributed by atoms with Crippen LogP contribution in [0.5, 0.6) is 23.0 Å². The average Bonchev–Trinajstić information content (AvgIpc) is 2.64. The Kier molecular flexibility index (Phi) is 3.71. The molecule has 0 aliphatic carbocycles. The molecule has 0 amide bonds. The molecule has 2 aromatic carbocycles. The van der Waals surface area contributed by atoms with Gasteiger partial charge in [-0.15, -0.1) is 0 Å². The summed E-state index contributed by atoms with van der Waals surface area (Å²) in [5.74, 6) is 2.17. The van der Waals surface area contributed by atoms with E-state index in [0.29, 0.717) is 5.75 Å². The monoisotopic (exact) mass is 339 g/mol. The molecule has 2 aliphatic heterocycles. The van der Waals surface area contributed by atoms with Crippen molar-refractivity contribution in [1.82, 2.24) is 4.90 Å². The van der Waals surface area contributed by atoms with Crippen molar-refractivity contribution in [3.63, 3.8) is 0 Å². The van der Waals surface area contributed by atoms with Crippen LogP contribution in [0, 0.1) is 0 Å². The Labute approximate surface area is 147 Å². The highest BCUT2D eigenvalue weighted by atomic mass is 16.5. The van der Waals surface area contributed by atoms with Gasteiger partial charge in [-0.1, -0.05) is 0 Å². The third-order valence-electron chi connectivity index (χ3n) is 4.97. The molecule has 130 valence electrons. The number of methoxy groups -OCH3 is 3. The summed E-state index contributed by atoms with van der Waals surface area (Å²) in [6.07, 6.45) is 3.07. The van der Waals surface area contributed by atoms with Gasteiger partial charge in [0, 0.05) is 24.4 Å². The Morgan fingerprint density at radius 2 is 1.60 bits per heavy atom. The van der Waals surface area contributed by atoms with Gasteiger partial charge >= 0.3 is 0 Å². The Hall–Kier alpha value is -2.82. The highest BCUT2D eigenvalue weighted by molar-refractivity contribution is 5.86. The zero-order valence-electron chi connectivity index (χ0n) is 14.6. The van der Waals surface area contributed by atoms with E-state index in [2.05, 4.69) is 11.0 Å². The summed E-state index contributed by atoms with van der Waals surface area (Å²) in [4.78, 5) is 2.35. The third-order valence-corrected chi connectivity index (χ3v) is 4.97. The fourth-order valence-corrected chi connectivity index (χ4v) is 3.66. The minimum Gasteiger partial charge on any atom is -0.504 e. The summed E-state index contributed by atoms with van der Waals surface area (Å²) in [7, 11) is 4.88. The topological polar surface area (TPSA) is 51.2 Å². The number of hydrogen-bond donors (Lipinski definition) is 1. The Morgan fingerprint density at radius 1 is 0.880 bits per heavy atom. The van der Waals surface area contributed by atoms with E-state index >= 15 is 0 Å². The maximum atomic E-state index is 10.1. The van der Waals surface area contributed by atoms with Gasteiger partial charge in [-0.3, -0.25) is 0 Å². The number of phenolic OH excluding ortho intramolecular Hbond substituents is 1. The van der Waals surface area contributed by atoms with Crippen molar-refractivity contribution < 1.29 is 19.3 Å². The van der Waals surface area contributed by atoms with Crippen molar-refractivity contribution in [2.24, 2.45) is 0 Å². The second-order valence-electron chi connectivity index (χ2n) is 6.29. The van der Waals surface area contributed by atoms with Gasteiger partial charge in [0.1, 0.15) is 0 Å². The molecule has 2 aromatic rings. The molecule has 0 fully saturated rings. The van der Waals surface area contributed by atoms with Gasteiger partial charge in [-0.05, 0) is 53.5 Å². The quantitative estimate of drug-likeness (QED) is 0.930. The molecule has 0 radical (unpaired) electrons. The summed E-state index contributed by atoms with van der Waals surface area (Å²) < 4.78 is 16.2. The Morgan fingerprint density at radius 3 is 2.32 bits per heavy atom. The summed E-state index contributed by atoms with van der Waals surface area (Å²) in [6, 6.07) is 7.81. The lowest BCUT2D eigenvalue weighted by Gasteiger charge is -2.37. The lowest BCUT2D eigenvalue weighted by molar-refractivity contribution is 0.349. The molecule has 5 nitrogen and oxygen atoms in total. The lowest BCUT2D eigenvalue weighted by atomic mass is 9.90. The Bertz CT molecular complexity index is 872. The van der Waals surface area contributed by atoms with Crippen LogP contribution in [0.25, 0.3) is 11.8 Å². The van der Waals surface area contributed by atoms with Crippen molar-refractivity contribution in [3.05, 3.63) is 46.5 Å². The van der Waals surface area contributed by atoms with Crippen LogP contribution in [0.15, 0.2) is 24.3 Å². The molecule has 0 aromatic heterocycles. The van der Waals surface area contributed by atoms with E-state index in [1.54, 1.807) is 21.3 Å². The van der Waals surface area contributed by atoms with Crippen molar-refractivity contribution in [2.45, 2.75) is 13.0 Å². The maximum absolute atomic E-state index is 10.1. The van der Waals surface area contributed by atoms with Gasteiger partial charge in [-0.25, -0.2) is 0 Å². The SMILES string of the molecule is COc1cc2c(cc1O)CCN1Cc3cc(OC)c(OC)cc3C=C21. The van der Waals surface area contributed by atoms with Crippen LogP contribution in [0.4, 0.5) is 0 Å². The molecule has 0 bridgehead atoms. The van der Waals surface area contributed by atoms with Crippen molar-refractivity contribution in [3.8, 4) is 23.0 Å². The summed E-state index contributed by atoms with van der Waals surface area (Å²) in [6.45, 7) is 1.74. The standard InChI is InChI=1S/C20H21NO4/c1-23-18-10-15-12(7-17(18)22)4-5-21-11-14-9-20(25-3)19(24-2)8-13(14)6-16(15)21/h6-10,22H,4-5,11H2,1-3H3. The van der Waals surface area contributed by atoms with Crippen LogP contribution < -0.4 is 14.2 Å². The van der Waals surface area contributed by atoms with Gasteiger partial charge in [0.25, 0.3) is 0 Å². The van der Waals surface area contributed by atoms with Crippen LogP contribution in [-0.4, -0.2) is 37.9 Å². The van der Waals surface area contributed by atoms with Gasteiger partial charge < -0.3 is 24.2 Å². The predicted molar refractivity (Wildman–Crippen MR) is 96.2 cm³/mol. The van der Waals surface area contributed by atoms with Gasteiger partial charge in [0.05, 0.1) is 21.3 Å². The molecule has 2 aliphatic rings. The summed E-state index contributed by atoms with van der Waals surface area (Å²) in [5, 5.41) is 10.1. The van der Waals surface area contributed by atoms with E-state index in [4.69, 9.17) is 14.2 Å². The Balaban J connectivity index is 1.86. The minimum atomic E-state index is 0.193. The fourth-order valence-electron chi connectivity index (χ4n) is 3.66. The highest BCUT2D eigenvalue weighted by Crippen LogP contribution is 2.42. The molecular formula is C20H21NO4. The molecule has 5 heteroatoms. The molecule has 4 rings (SSSR count). The zero-order chi connectivity index (χ0) is 17.6. The number of nitrogens with zero attached hydrogens (tertiary/aromatic N) is 1. The maximum Gasteiger partial charge on any atom is 0.161 e. The zero-order valence-corrected chi connectivity index (χ0v) is 14.6. The first-order chi connectivity index (χ1) is 12.1. The van der Waals surface area contributed by atoms with Crippen LogP contribution in [0.1, 0.15) is 22.3 Å². The van der Waals surface area contributed by atoms with E-state index < -0.39 is 0 Å². The first-order valence-electron chi connectivity index (χ1n) is 8.26. The number of rotatable bonds is 3. The van der Waals surface area contributed by atoms with Crippen LogP contribution in [0.2, 0.25) is 0 Å². The molecule has 0 spiro atoms. The van der Waals surface area contributed by atoms with E-state index in [0.717, 1.165) is 53.4 Å². The molecule has 2 heterocycles. The molecule has 25 heavy (non-hydrogen) atoms. The predicted octanol–water partition coefficient (Wildman–Crippen LogP) is 3.29. The summed E-state index contributed by atoms with van der Waals surface area (Å²) in [5.41, 5.74) is 5.75. The van der Waals surface area contributed by atoms with Gasteiger partial charge in [0.2, 0.25) is 0 Å². The summed E-state index contributed by atoms with van der Waals surface area (Å²) >= 11 is 0. The number of aromatic hydroxyl groups is 1. The second kappa shape index (κ2) is 5.92. The van der Waals surface area contributed by atoms with E-state index in [-0.39, 0.29) is 5.75 Å². The molecule has 0 atom stereocenters. The lowest BCUT2D eigenvalue weighted by Crippen LogP contribution is -2.31. The molecular weight excluding hydrogens is 318 g/mol. The number of benzene rings is 2. The van der Waals surface area contributed by atoms with E-state index in [1.165, 1.54) is 5.56 Å². The number of hydrogen-bond acceptors (Lipinski definition) is 5.